The van der Waals surface area contributed by atoms with Crippen LogP contribution in [0.25, 0.3) is 11.1 Å². The molecule has 1 aliphatic heterocycles. The standard InChI is InChI=1S/C21H19N3O2/c1-26-21(25)24-14-16-11-12-22-23-19(16)13-20(24)18-10-6-5-9-17(18)15-7-3-2-4-8-15/h2-12,20H,13-14H2,1H3. The summed E-state index contributed by atoms with van der Waals surface area (Å²) >= 11 is 0. The first-order valence-electron chi connectivity index (χ1n) is 8.56. The molecule has 2 aromatic carbocycles. The summed E-state index contributed by atoms with van der Waals surface area (Å²) in [6.45, 7) is 0.464. The van der Waals surface area contributed by atoms with E-state index in [2.05, 4.69) is 34.5 Å². The lowest BCUT2D eigenvalue weighted by molar-refractivity contribution is 0.0954. The zero-order valence-electron chi connectivity index (χ0n) is 14.5. The molecule has 0 fully saturated rings. The fraction of sp³-hybridized carbons (Fsp3) is 0.190. The van der Waals surface area contributed by atoms with Crippen molar-refractivity contribution in [2.75, 3.05) is 7.11 Å². The van der Waals surface area contributed by atoms with Gasteiger partial charge in [-0.15, -0.1) is 0 Å². The first-order chi connectivity index (χ1) is 12.8. The number of hydrogen-bond donors (Lipinski definition) is 0. The molecule has 26 heavy (non-hydrogen) atoms. The maximum absolute atomic E-state index is 12.5. The molecule has 130 valence electrons. The molecule has 5 nitrogen and oxygen atoms in total. The van der Waals surface area contributed by atoms with Gasteiger partial charge in [0.15, 0.2) is 0 Å². The van der Waals surface area contributed by atoms with Crippen molar-refractivity contribution in [3.8, 4) is 11.1 Å². The zero-order valence-corrected chi connectivity index (χ0v) is 14.5. The van der Waals surface area contributed by atoms with Gasteiger partial charge < -0.3 is 4.74 Å². The highest BCUT2D eigenvalue weighted by atomic mass is 16.5. The number of fused-ring (bicyclic) bond motifs is 1. The van der Waals surface area contributed by atoms with Crippen molar-refractivity contribution in [1.29, 1.82) is 0 Å². The fourth-order valence-electron chi connectivity index (χ4n) is 3.54. The number of carbonyl (C=O) groups is 1. The summed E-state index contributed by atoms with van der Waals surface area (Å²) < 4.78 is 5.05. The van der Waals surface area contributed by atoms with Crippen LogP contribution in [-0.2, 0) is 17.7 Å². The van der Waals surface area contributed by atoms with Gasteiger partial charge >= 0.3 is 6.09 Å². The average Bonchev–Trinajstić information content (AvgIpc) is 2.73. The van der Waals surface area contributed by atoms with Crippen molar-refractivity contribution in [3.63, 3.8) is 0 Å². The molecule has 0 spiro atoms. The van der Waals surface area contributed by atoms with Crippen LogP contribution >= 0.6 is 0 Å². The summed E-state index contributed by atoms with van der Waals surface area (Å²) in [5.41, 5.74) is 5.26. The van der Waals surface area contributed by atoms with Crippen LogP contribution in [0.3, 0.4) is 0 Å². The molecule has 3 aromatic rings. The molecular weight excluding hydrogens is 326 g/mol. The molecule has 1 atom stereocenters. The first-order valence-corrected chi connectivity index (χ1v) is 8.56. The molecule has 1 unspecified atom stereocenters. The second-order valence-corrected chi connectivity index (χ2v) is 6.27. The number of benzene rings is 2. The van der Waals surface area contributed by atoms with Gasteiger partial charge in [-0.3, -0.25) is 4.90 Å². The minimum atomic E-state index is -0.333. The Morgan fingerprint density at radius 2 is 1.85 bits per heavy atom. The van der Waals surface area contributed by atoms with Gasteiger partial charge in [-0.1, -0.05) is 54.6 Å². The van der Waals surface area contributed by atoms with Crippen LogP contribution in [0.15, 0.2) is 66.9 Å². The van der Waals surface area contributed by atoms with Gasteiger partial charge in [-0.25, -0.2) is 4.79 Å². The van der Waals surface area contributed by atoms with E-state index in [0.717, 1.165) is 27.9 Å². The number of hydrogen-bond acceptors (Lipinski definition) is 4. The Morgan fingerprint density at radius 1 is 1.08 bits per heavy atom. The Morgan fingerprint density at radius 3 is 2.65 bits per heavy atom. The van der Waals surface area contributed by atoms with E-state index in [0.29, 0.717) is 13.0 Å². The smallest absolute Gasteiger partial charge is 0.410 e. The molecule has 1 aliphatic rings. The number of rotatable bonds is 2. The monoisotopic (exact) mass is 345 g/mol. The van der Waals surface area contributed by atoms with Crippen molar-refractivity contribution in [3.05, 3.63) is 83.7 Å². The van der Waals surface area contributed by atoms with E-state index in [1.807, 2.05) is 36.4 Å². The molecule has 0 radical (unpaired) electrons. The summed E-state index contributed by atoms with van der Waals surface area (Å²) in [7, 11) is 1.42. The number of aromatic nitrogens is 2. The predicted octanol–water partition coefficient (Wildman–Crippen LogP) is 4.01. The Hall–Kier alpha value is -3.21. The summed E-state index contributed by atoms with van der Waals surface area (Å²) in [6, 6.07) is 20.2. The van der Waals surface area contributed by atoms with Crippen LogP contribution in [-0.4, -0.2) is 28.3 Å². The number of carbonyl (C=O) groups excluding carboxylic acids is 1. The van der Waals surface area contributed by atoms with Crippen molar-refractivity contribution < 1.29 is 9.53 Å². The highest BCUT2D eigenvalue weighted by Crippen LogP contribution is 2.37. The topological polar surface area (TPSA) is 55.3 Å². The Balaban J connectivity index is 1.82. The van der Waals surface area contributed by atoms with Crippen LogP contribution in [0.2, 0.25) is 0 Å². The highest BCUT2D eigenvalue weighted by molar-refractivity contribution is 5.72. The van der Waals surface area contributed by atoms with Crippen LogP contribution in [0.1, 0.15) is 22.9 Å². The maximum Gasteiger partial charge on any atom is 0.410 e. The van der Waals surface area contributed by atoms with E-state index < -0.39 is 0 Å². The van der Waals surface area contributed by atoms with Gasteiger partial charge in [0, 0.05) is 12.6 Å². The number of methoxy groups -OCH3 is 1. The van der Waals surface area contributed by atoms with E-state index in [9.17, 15) is 4.79 Å². The lowest BCUT2D eigenvalue weighted by Crippen LogP contribution is -2.39. The SMILES string of the molecule is COC(=O)N1Cc2ccnnc2CC1c1ccccc1-c1ccccc1. The molecule has 2 heterocycles. The third-order valence-corrected chi connectivity index (χ3v) is 4.81. The maximum atomic E-state index is 12.5. The molecule has 4 rings (SSSR count). The fourth-order valence-corrected chi connectivity index (χ4v) is 3.54. The molecule has 1 aromatic heterocycles. The van der Waals surface area contributed by atoms with Gasteiger partial charge in [-0.05, 0) is 28.3 Å². The normalized spacial score (nSPS) is 16.0. The Labute approximate surface area is 152 Å². The van der Waals surface area contributed by atoms with Crippen molar-refractivity contribution in [1.82, 2.24) is 15.1 Å². The number of nitrogens with zero attached hydrogens (tertiary/aromatic N) is 3. The van der Waals surface area contributed by atoms with E-state index >= 15 is 0 Å². The van der Waals surface area contributed by atoms with Gasteiger partial charge in [0.25, 0.3) is 0 Å². The second kappa shape index (κ2) is 6.96. The highest BCUT2D eigenvalue weighted by Gasteiger charge is 2.33. The van der Waals surface area contributed by atoms with Crippen molar-refractivity contribution >= 4 is 6.09 Å². The average molecular weight is 345 g/mol. The molecular formula is C21H19N3O2. The molecule has 0 aliphatic carbocycles. The summed E-state index contributed by atoms with van der Waals surface area (Å²) in [4.78, 5) is 14.2. The third kappa shape index (κ3) is 2.92. The van der Waals surface area contributed by atoms with Gasteiger partial charge in [0.2, 0.25) is 0 Å². The minimum Gasteiger partial charge on any atom is -0.453 e. The summed E-state index contributed by atoms with van der Waals surface area (Å²) in [5.74, 6) is 0. The van der Waals surface area contributed by atoms with Crippen LogP contribution in [0, 0.1) is 0 Å². The quantitative estimate of drug-likeness (QED) is 0.704. The van der Waals surface area contributed by atoms with Crippen LogP contribution in [0.5, 0.6) is 0 Å². The predicted molar refractivity (Wildman–Crippen MR) is 98.3 cm³/mol. The Kier molecular flexibility index (Phi) is 4.35. The van der Waals surface area contributed by atoms with Crippen molar-refractivity contribution in [2.24, 2.45) is 0 Å². The second-order valence-electron chi connectivity index (χ2n) is 6.27. The molecule has 0 N–H and O–H groups in total. The Bertz CT molecular complexity index is 927. The number of amides is 1. The molecule has 0 saturated carbocycles. The lowest BCUT2D eigenvalue weighted by Gasteiger charge is -2.36. The van der Waals surface area contributed by atoms with Gasteiger partial charge in [0.05, 0.1) is 25.4 Å². The zero-order chi connectivity index (χ0) is 17.9. The van der Waals surface area contributed by atoms with Crippen LogP contribution in [0.4, 0.5) is 4.79 Å². The first kappa shape index (κ1) is 16.3. The van der Waals surface area contributed by atoms with E-state index in [4.69, 9.17) is 4.74 Å². The van der Waals surface area contributed by atoms with Crippen LogP contribution < -0.4 is 0 Å². The molecule has 1 amide bonds. The lowest BCUT2D eigenvalue weighted by atomic mass is 9.88. The molecule has 0 saturated heterocycles. The minimum absolute atomic E-state index is 0.150. The van der Waals surface area contributed by atoms with Gasteiger partial charge in [-0.2, -0.15) is 10.2 Å². The third-order valence-electron chi connectivity index (χ3n) is 4.81. The molecule has 5 heteroatoms. The largest absolute Gasteiger partial charge is 0.453 e. The van der Waals surface area contributed by atoms with E-state index in [1.165, 1.54) is 7.11 Å². The molecule has 0 bridgehead atoms. The van der Waals surface area contributed by atoms with Gasteiger partial charge in [0.1, 0.15) is 0 Å². The van der Waals surface area contributed by atoms with E-state index in [-0.39, 0.29) is 12.1 Å². The van der Waals surface area contributed by atoms with Crippen molar-refractivity contribution in [2.45, 2.75) is 19.0 Å². The van der Waals surface area contributed by atoms with E-state index in [1.54, 1.807) is 11.1 Å². The number of ether oxygens (including phenoxy) is 1. The summed E-state index contributed by atoms with van der Waals surface area (Å²) in [6.07, 6.45) is 1.94. The summed E-state index contributed by atoms with van der Waals surface area (Å²) in [5, 5.41) is 8.30.